The minimum absolute atomic E-state index is 0.121. The van der Waals surface area contributed by atoms with Gasteiger partial charge in [0, 0.05) is 18.7 Å². The molecule has 2 aromatic rings. The van der Waals surface area contributed by atoms with Crippen molar-refractivity contribution in [3.63, 3.8) is 0 Å². The largest absolute Gasteiger partial charge is 0.476 e. The fourth-order valence-electron chi connectivity index (χ4n) is 2.47. The molecule has 1 aliphatic rings. The normalized spacial score (nSPS) is 13.8. The van der Waals surface area contributed by atoms with Crippen LogP contribution in [0.1, 0.15) is 21.6 Å². The van der Waals surface area contributed by atoms with Crippen LogP contribution in [0.4, 0.5) is 4.39 Å². The van der Waals surface area contributed by atoms with Gasteiger partial charge in [-0.05, 0) is 18.1 Å². The van der Waals surface area contributed by atoms with E-state index in [-0.39, 0.29) is 30.5 Å². The molecule has 7 nitrogen and oxygen atoms in total. The molecule has 0 radical (unpaired) electrons. The molecule has 0 aliphatic carbocycles. The van der Waals surface area contributed by atoms with Crippen molar-refractivity contribution in [2.24, 2.45) is 0 Å². The van der Waals surface area contributed by atoms with Crippen molar-refractivity contribution in [1.82, 2.24) is 19.9 Å². The van der Waals surface area contributed by atoms with Crippen molar-refractivity contribution < 1.29 is 19.1 Å². The number of aromatic carboxylic acids is 1. The molecule has 0 atom stereocenters. The Hall–Kier alpha value is -2.77. The standard InChI is InChI=1S/C14H13FN4O3/c15-11-3-1-2-9-4-5-18(6-10(9)11)13(20)8-19-7-12(14(21)22)16-17-19/h1-3,7H,4-6,8H2,(H,21,22). The summed E-state index contributed by atoms with van der Waals surface area (Å²) in [5, 5.41) is 15.8. The molecular weight excluding hydrogens is 291 g/mol. The smallest absolute Gasteiger partial charge is 0.358 e. The first-order valence-corrected chi connectivity index (χ1v) is 6.72. The number of amides is 1. The highest BCUT2D eigenvalue weighted by Crippen LogP contribution is 2.21. The number of carboxylic acid groups (broad SMARTS) is 1. The third kappa shape index (κ3) is 2.67. The van der Waals surface area contributed by atoms with E-state index in [2.05, 4.69) is 10.3 Å². The van der Waals surface area contributed by atoms with Crippen LogP contribution in [0, 0.1) is 5.82 Å². The van der Waals surface area contributed by atoms with Gasteiger partial charge in [0.05, 0.1) is 6.20 Å². The maximum absolute atomic E-state index is 13.8. The quantitative estimate of drug-likeness (QED) is 0.901. The number of carbonyl (C=O) groups excluding carboxylic acids is 1. The monoisotopic (exact) mass is 304 g/mol. The fourth-order valence-corrected chi connectivity index (χ4v) is 2.47. The summed E-state index contributed by atoms with van der Waals surface area (Å²) in [7, 11) is 0. The first kappa shape index (κ1) is 14.2. The number of benzene rings is 1. The van der Waals surface area contributed by atoms with Crippen LogP contribution in [0.15, 0.2) is 24.4 Å². The Kier molecular flexibility index (Phi) is 3.58. The summed E-state index contributed by atoms with van der Waals surface area (Å²) in [4.78, 5) is 24.5. The Bertz CT molecular complexity index is 743. The zero-order valence-electron chi connectivity index (χ0n) is 11.6. The van der Waals surface area contributed by atoms with Gasteiger partial charge in [0.1, 0.15) is 12.4 Å². The maximum atomic E-state index is 13.8. The van der Waals surface area contributed by atoms with E-state index in [1.165, 1.54) is 21.8 Å². The summed E-state index contributed by atoms with van der Waals surface area (Å²) in [6, 6.07) is 4.90. The molecule has 0 unspecified atom stereocenters. The SMILES string of the molecule is O=C(O)c1cn(CC(=O)N2CCc3cccc(F)c3C2)nn1. The molecule has 1 aromatic heterocycles. The summed E-state index contributed by atoms with van der Waals surface area (Å²) in [5.41, 5.74) is 1.23. The number of rotatable bonds is 3. The van der Waals surface area contributed by atoms with Gasteiger partial charge in [-0.2, -0.15) is 0 Å². The Morgan fingerprint density at radius 2 is 2.18 bits per heavy atom. The van der Waals surface area contributed by atoms with Gasteiger partial charge in [-0.25, -0.2) is 13.9 Å². The predicted molar refractivity (Wildman–Crippen MR) is 72.5 cm³/mol. The third-order valence-electron chi connectivity index (χ3n) is 3.62. The first-order valence-electron chi connectivity index (χ1n) is 6.72. The van der Waals surface area contributed by atoms with E-state index in [1.807, 2.05) is 6.07 Å². The molecule has 0 spiro atoms. The van der Waals surface area contributed by atoms with Crippen molar-refractivity contribution in [1.29, 1.82) is 0 Å². The predicted octanol–water partition coefficient (Wildman–Crippen LogP) is 0.700. The average Bonchev–Trinajstić information content (AvgIpc) is 2.96. The molecule has 1 amide bonds. The molecule has 3 rings (SSSR count). The number of hydrogen-bond acceptors (Lipinski definition) is 4. The van der Waals surface area contributed by atoms with Crippen LogP contribution in [-0.2, 0) is 24.3 Å². The molecule has 8 heteroatoms. The zero-order chi connectivity index (χ0) is 15.7. The molecule has 0 saturated carbocycles. The lowest BCUT2D eigenvalue weighted by molar-refractivity contribution is -0.133. The number of halogens is 1. The molecule has 0 fully saturated rings. The molecule has 22 heavy (non-hydrogen) atoms. The van der Waals surface area contributed by atoms with Crippen molar-refractivity contribution in [3.8, 4) is 0 Å². The lowest BCUT2D eigenvalue weighted by Crippen LogP contribution is -2.38. The lowest BCUT2D eigenvalue weighted by Gasteiger charge is -2.29. The summed E-state index contributed by atoms with van der Waals surface area (Å²) in [6.45, 7) is 0.584. The Morgan fingerprint density at radius 1 is 1.36 bits per heavy atom. The van der Waals surface area contributed by atoms with Gasteiger partial charge in [-0.15, -0.1) is 5.10 Å². The van der Waals surface area contributed by atoms with E-state index in [4.69, 9.17) is 5.11 Å². The van der Waals surface area contributed by atoms with Crippen LogP contribution >= 0.6 is 0 Å². The number of fused-ring (bicyclic) bond motifs is 1. The van der Waals surface area contributed by atoms with Gasteiger partial charge in [0.2, 0.25) is 5.91 Å². The second kappa shape index (κ2) is 5.55. The van der Waals surface area contributed by atoms with E-state index in [0.717, 1.165) is 5.56 Å². The summed E-state index contributed by atoms with van der Waals surface area (Å²) >= 11 is 0. The van der Waals surface area contributed by atoms with Gasteiger partial charge >= 0.3 is 5.97 Å². The fraction of sp³-hybridized carbons (Fsp3) is 0.286. The summed E-state index contributed by atoms with van der Waals surface area (Å²) in [5.74, 6) is -1.77. The van der Waals surface area contributed by atoms with Gasteiger partial charge < -0.3 is 10.0 Å². The second-order valence-corrected chi connectivity index (χ2v) is 5.05. The minimum Gasteiger partial charge on any atom is -0.476 e. The number of aromatic nitrogens is 3. The summed E-state index contributed by atoms with van der Waals surface area (Å²) in [6.07, 6.45) is 1.79. The number of carboxylic acids is 1. The van der Waals surface area contributed by atoms with Gasteiger partial charge in [0.15, 0.2) is 5.69 Å². The van der Waals surface area contributed by atoms with Gasteiger partial charge in [0.25, 0.3) is 0 Å². The van der Waals surface area contributed by atoms with Crippen LogP contribution in [0.3, 0.4) is 0 Å². The zero-order valence-corrected chi connectivity index (χ0v) is 11.6. The van der Waals surface area contributed by atoms with Crippen LogP contribution < -0.4 is 0 Å². The van der Waals surface area contributed by atoms with Crippen LogP contribution in [0.5, 0.6) is 0 Å². The Balaban J connectivity index is 1.71. The molecule has 1 aromatic carbocycles. The van der Waals surface area contributed by atoms with E-state index in [1.54, 1.807) is 6.07 Å². The number of nitrogens with zero attached hydrogens (tertiary/aromatic N) is 4. The van der Waals surface area contributed by atoms with Crippen molar-refractivity contribution in [2.45, 2.75) is 19.5 Å². The van der Waals surface area contributed by atoms with Gasteiger partial charge in [-0.3, -0.25) is 4.79 Å². The average molecular weight is 304 g/mol. The molecule has 1 N–H and O–H groups in total. The minimum atomic E-state index is -1.20. The second-order valence-electron chi connectivity index (χ2n) is 5.05. The molecule has 2 heterocycles. The van der Waals surface area contributed by atoms with Crippen LogP contribution in [0.25, 0.3) is 0 Å². The first-order chi connectivity index (χ1) is 10.5. The molecule has 114 valence electrons. The highest BCUT2D eigenvalue weighted by Gasteiger charge is 2.23. The lowest BCUT2D eigenvalue weighted by atomic mass is 9.99. The highest BCUT2D eigenvalue weighted by molar-refractivity contribution is 5.84. The molecular formula is C14H13FN4O3. The summed E-state index contributed by atoms with van der Waals surface area (Å²) < 4.78 is 15.0. The Morgan fingerprint density at radius 3 is 2.91 bits per heavy atom. The highest BCUT2D eigenvalue weighted by atomic mass is 19.1. The maximum Gasteiger partial charge on any atom is 0.358 e. The number of hydrogen-bond donors (Lipinski definition) is 1. The van der Waals surface area contributed by atoms with E-state index in [9.17, 15) is 14.0 Å². The molecule has 1 aliphatic heterocycles. The topological polar surface area (TPSA) is 88.3 Å². The van der Waals surface area contributed by atoms with Gasteiger partial charge in [-0.1, -0.05) is 17.3 Å². The van der Waals surface area contributed by atoms with Crippen molar-refractivity contribution in [3.05, 3.63) is 47.0 Å². The third-order valence-corrected chi connectivity index (χ3v) is 3.62. The van der Waals surface area contributed by atoms with Crippen LogP contribution in [0.2, 0.25) is 0 Å². The van der Waals surface area contributed by atoms with E-state index in [0.29, 0.717) is 18.5 Å². The van der Waals surface area contributed by atoms with Crippen molar-refractivity contribution >= 4 is 11.9 Å². The van der Waals surface area contributed by atoms with E-state index >= 15 is 0 Å². The van der Waals surface area contributed by atoms with Crippen LogP contribution in [-0.4, -0.2) is 43.4 Å². The Labute approximate surface area is 125 Å². The molecule has 0 saturated heterocycles. The van der Waals surface area contributed by atoms with Crippen molar-refractivity contribution in [2.75, 3.05) is 6.54 Å². The van der Waals surface area contributed by atoms with E-state index < -0.39 is 5.97 Å². The molecule has 0 bridgehead atoms. The number of carbonyl (C=O) groups is 2.